The number of fused-ring (bicyclic) bond motifs is 2. The molecule has 10 heteroatoms. The molecule has 0 radical (unpaired) electrons. The highest BCUT2D eigenvalue weighted by Gasteiger charge is 2.49. The smallest absolute Gasteiger partial charge is 0.418 e. The first-order valence-electron chi connectivity index (χ1n) is 14.7. The van der Waals surface area contributed by atoms with Gasteiger partial charge in [-0.15, -0.1) is 0 Å². The van der Waals surface area contributed by atoms with E-state index in [1.165, 1.54) is 17.2 Å². The minimum atomic E-state index is -4.55. The number of aromatic nitrogens is 1. The van der Waals surface area contributed by atoms with Crippen molar-refractivity contribution >= 4 is 22.8 Å². The average molecular weight is 604 g/mol. The lowest BCUT2D eigenvalue weighted by Gasteiger charge is -2.23. The summed E-state index contributed by atoms with van der Waals surface area (Å²) in [7, 11) is 0. The van der Waals surface area contributed by atoms with Crippen LogP contribution in [0.25, 0.3) is 10.9 Å². The van der Waals surface area contributed by atoms with E-state index in [1.807, 2.05) is 48.5 Å². The summed E-state index contributed by atoms with van der Waals surface area (Å²) in [5.41, 5.74) is 1.32. The Hall–Kier alpha value is -4.60. The third kappa shape index (κ3) is 5.68. The number of imide groups is 1. The number of benzene rings is 3. The van der Waals surface area contributed by atoms with Gasteiger partial charge in [-0.25, -0.2) is 4.79 Å². The second-order valence-electron chi connectivity index (χ2n) is 11.3. The maximum atomic E-state index is 13.7. The molecular formula is C34H32F3N3O4. The monoisotopic (exact) mass is 603 g/mol. The molecule has 1 saturated heterocycles. The van der Waals surface area contributed by atoms with Gasteiger partial charge in [-0.2, -0.15) is 13.2 Å². The van der Waals surface area contributed by atoms with Gasteiger partial charge in [0.05, 0.1) is 24.3 Å². The Bertz CT molecular complexity index is 1710. The standard InChI is InChI=1S/C34H32F3N3O4/c1-33(25-13-14-28-23(20-25)15-18-43-28)31(41)40(32(42)39-33)16-6-3-7-17-44-30-24(19-22-9-4-2-5-10-22)21-38-29-26(30)11-8-12-27(29)34(35,36)37/h2,4-5,8-14,20-21H,3,6-7,15-19H2,1H3,(H,39,42). The number of alkyl halides is 3. The molecule has 44 heavy (non-hydrogen) atoms. The number of nitrogens with one attached hydrogen (secondary N) is 1. The highest BCUT2D eigenvalue weighted by atomic mass is 19.4. The summed E-state index contributed by atoms with van der Waals surface area (Å²) in [4.78, 5) is 31.6. The van der Waals surface area contributed by atoms with Gasteiger partial charge in [0, 0.05) is 36.5 Å². The van der Waals surface area contributed by atoms with Crippen LogP contribution in [0.1, 0.15) is 54.0 Å². The minimum absolute atomic E-state index is 0.149. The number of ether oxygens (including phenoxy) is 2. The van der Waals surface area contributed by atoms with Crippen LogP contribution in [0.3, 0.4) is 0 Å². The molecular weight excluding hydrogens is 571 g/mol. The third-order valence-electron chi connectivity index (χ3n) is 8.28. The molecule has 2 aliphatic heterocycles. The summed E-state index contributed by atoms with van der Waals surface area (Å²) in [6.45, 7) is 2.83. The number of urea groups is 1. The number of unbranched alkanes of at least 4 members (excludes halogenated alkanes) is 2. The van der Waals surface area contributed by atoms with E-state index in [0.29, 0.717) is 49.0 Å². The summed E-state index contributed by atoms with van der Waals surface area (Å²) in [5, 5.41) is 3.17. The Labute approximate surface area is 253 Å². The lowest BCUT2D eigenvalue weighted by atomic mass is 9.90. The van der Waals surface area contributed by atoms with Gasteiger partial charge in [0.25, 0.3) is 5.91 Å². The molecule has 0 saturated carbocycles. The van der Waals surface area contributed by atoms with Crippen molar-refractivity contribution in [2.45, 2.75) is 50.7 Å². The number of rotatable bonds is 10. The van der Waals surface area contributed by atoms with Gasteiger partial charge in [0.1, 0.15) is 17.0 Å². The van der Waals surface area contributed by atoms with Crippen molar-refractivity contribution < 1.29 is 32.2 Å². The Morgan fingerprint density at radius 2 is 1.84 bits per heavy atom. The van der Waals surface area contributed by atoms with Crippen LogP contribution in [0, 0.1) is 0 Å². The van der Waals surface area contributed by atoms with Gasteiger partial charge in [0.2, 0.25) is 0 Å². The molecule has 0 bridgehead atoms. The number of hydrogen-bond acceptors (Lipinski definition) is 5. The quantitative estimate of drug-likeness (QED) is 0.159. The topological polar surface area (TPSA) is 80.8 Å². The third-order valence-corrected chi connectivity index (χ3v) is 8.28. The molecule has 1 atom stereocenters. The Morgan fingerprint density at radius 1 is 1.02 bits per heavy atom. The predicted molar refractivity (Wildman–Crippen MR) is 159 cm³/mol. The molecule has 3 aromatic carbocycles. The number of carbonyl (C=O) groups excluding carboxylic acids is 2. The van der Waals surface area contributed by atoms with Crippen molar-refractivity contribution in [3.63, 3.8) is 0 Å². The molecule has 0 spiro atoms. The zero-order chi connectivity index (χ0) is 30.9. The van der Waals surface area contributed by atoms with Crippen molar-refractivity contribution in [3.05, 3.63) is 101 Å². The van der Waals surface area contributed by atoms with Gasteiger partial charge < -0.3 is 14.8 Å². The van der Waals surface area contributed by atoms with E-state index in [-0.39, 0.29) is 24.6 Å². The van der Waals surface area contributed by atoms with E-state index >= 15 is 0 Å². The van der Waals surface area contributed by atoms with Crippen LogP contribution in [-0.4, -0.2) is 41.6 Å². The Kier molecular flexibility index (Phi) is 7.92. The first-order valence-corrected chi connectivity index (χ1v) is 14.7. The Balaban J connectivity index is 1.10. The summed E-state index contributed by atoms with van der Waals surface area (Å²) >= 11 is 0. The fraction of sp³-hybridized carbons (Fsp3) is 0.324. The second kappa shape index (κ2) is 11.8. The van der Waals surface area contributed by atoms with E-state index in [4.69, 9.17) is 9.47 Å². The average Bonchev–Trinajstić information content (AvgIpc) is 3.57. The van der Waals surface area contributed by atoms with Crippen LogP contribution in [-0.2, 0) is 29.4 Å². The maximum absolute atomic E-state index is 13.7. The van der Waals surface area contributed by atoms with Crippen LogP contribution in [0.2, 0.25) is 0 Å². The lowest BCUT2D eigenvalue weighted by molar-refractivity contribution is -0.136. The van der Waals surface area contributed by atoms with Gasteiger partial charge in [0.15, 0.2) is 0 Å². The number of nitrogens with zero attached hydrogens (tertiary/aromatic N) is 2. The minimum Gasteiger partial charge on any atom is -0.493 e. The number of para-hydroxylation sites is 1. The highest BCUT2D eigenvalue weighted by molar-refractivity contribution is 6.07. The van der Waals surface area contributed by atoms with Crippen molar-refractivity contribution in [1.82, 2.24) is 15.2 Å². The molecule has 1 fully saturated rings. The molecule has 3 amide bonds. The highest BCUT2D eigenvalue weighted by Crippen LogP contribution is 2.39. The van der Waals surface area contributed by atoms with E-state index in [0.717, 1.165) is 34.9 Å². The van der Waals surface area contributed by atoms with Crippen molar-refractivity contribution in [1.29, 1.82) is 0 Å². The zero-order valence-electron chi connectivity index (χ0n) is 24.2. The van der Waals surface area contributed by atoms with Crippen LogP contribution >= 0.6 is 0 Å². The molecule has 228 valence electrons. The van der Waals surface area contributed by atoms with E-state index in [2.05, 4.69) is 10.3 Å². The molecule has 4 aromatic rings. The van der Waals surface area contributed by atoms with Crippen molar-refractivity contribution in [2.75, 3.05) is 19.8 Å². The number of halogens is 3. The van der Waals surface area contributed by atoms with Crippen LogP contribution in [0.5, 0.6) is 11.5 Å². The normalized spacial score (nSPS) is 18.0. The predicted octanol–water partition coefficient (Wildman–Crippen LogP) is 6.80. The van der Waals surface area contributed by atoms with Crippen LogP contribution < -0.4 is 14.8 Å². The molecule has 3 heterocycles. The number of carbonyl (C=O) groups is 2. The molecule has 1 unspecified atom stereocenters. The SMILES string of the molecule is CC1(c2ccc3c(c2)CCO3)NC(=O)N(CCCCCOc2c(Cc3ccccc3)cnc3c(C(F)(F)F)cccc23)C1=O. The fourth-order valence-corrected chi connectivity index (χ4v) is 5.90. The summed E-state index contributed by atoms with van der Waals surface area (Å²) in [6, 6.07) is 18.7. The largest absolute Gasteiger partial charge is 0.493 e. The number of amides is 3. The first kappa shape index (κ1) is 29.5. The molecule has 2 aliphatic rings. The molecule has 7 nitrogen and oxygen atoms in total. The summed E-state index contributed by atoms with van der Waals surface area (Å²) in [6.07, 6.45) is -0.0776. The lowest BCUT2D eigenvalue weighted by Crippen LogP contribution is -2.41. The van der Waals surface area contributed by atoms with Gasteiger partial charge in [-0.3, -0.25) is 14.7 Å². The van der Waals surface area contributed by atoms with Gasteiger partial charge in [-0.05, 0) is 67.1 Å². The maximum Gasteiger partial charge on any atom is 0.418 e. The van der Waals surface area contributed by atoms with E-state index in [1.54, 1.807) is 13.0 Å². The second-order valence-corrected chi connectivity index (χ2v) is 11.3. The molecule has 6 rings (SSSR count). The Morgan fingerprint density at radius 3 is 2.64 bits per heavy atom. The zero-order valence-corrected chi connectivity index (χ0v) is 24.2. The van der Waals surface area contributed by atoms with Crippen molar-refractivity contribution in [2.24, 2.45) is 0 Å². The number of hydrogen-bond donors (Lipinski definition) is 1. The van der Waals surface area contributed by atoms with Crippen LogP contribution in [0.4, 0.5) is 18.0 Å². The summed E-state index contributed by atoms with van der Waals surface area (Å²) in [5.74, 6) is 0.891. The van der Waals surface area contributed by atoms with E-state index < -0.39 is 23.3 Å². The van der Waals surface area contributed by atoms with Crippen LogP contribution in [0.15, 0.2) is 72.9 Å². The summed E-state index contributed by atoms with van der Waals surface area (Å²) < 4.78 is 52.9. The van der Waals surface area contributed by atoms with Gasteiger partial charge in [-0.1, -0.05) is 42.5 Å². The van der Waals surface area contributed by atoms with E-state index in [9.17, 15) is 22.8 Å². The molecule has 1 aromatic heterocycles. The van der Waals surface area contributed by atoms with Crippen molar-refractivity contribution in [3.8, 4) is 11.5 Å². The molecule has 1 N–H and O–H groups in total. The van der Waals surface area contributed by atoms with Gasteiger partial charge >= 0.3 is 12.2 Å². The first-order chi connectivity index (χ1) is 21.1. The number of pyridine rings is 1. The molecule has 0 aliphatic carbocycles. The fourth-order valence-electron chi connectivity index (χ4n) is 5.90.